The first-order chi connectivity index (χ1) is 9.21. The minimum absolute atomic E-state index is 0.415. The molecule has 4 nitrogen and oxygen atoms in total. The van der Waals surface area contributed by atoms with Gasteiger partial charge in [-0.1, -0.05) is 6.07 Å². The van der Waals surface area contributed by atoms with Gasteiger partial charge in [-0.3, -0.25) is 4.98 Å². The van der Waals surface area contributed by atoms with Crippen LogP contribution >= 0.6 is 0 Å². The summed E-state index contributed by atoms with van der Waals surface area (Å²) in [4.78, 5) is 4.39. The molecule has 2 rings (SSSR count). The lowest BCUT2D eigenvalue weighted by molar-refractivity contribution is 0.295. The highest BCUT2D eigenvalue weighted by molar-refractivity contribution is 5.42. The number of nitrogens with zero attached hydrogens (tertiary/aromatic N) is 1. The van der Waals surface area contributed by atoms with Crippen molar-refractivity contribution in [2.24, 2.45) is 0 Å². The molecule has 19 heavy (non-hydrogen) atoms. The van der Waals surface area contributed by atoms with Gasteiger partial charge in [0, 0.05) is 23.9 Å². The number of ether oxygens (including phenoxy) is 3. The SMILES string of the molecule is COc1cc(OC)cc(OCc2cccc(C)n2)c1. The maximum absolute atomic E-state index is 5.71. The van der Waals surface area contributed by atoms with E-state index in [0.717, 1.165) is 11.4 Å². The molecule has 100 valence electrons. The Balaban J connectivity index is 2.10. The molecule has 2 aromatic rings. The van der Waals surface area contributed by atoms with Crippen LogP contribution in [0.2, 0.25) is 0 Å². The summed E-state index contributed by atoms with van der Waals surface area (Å²) < 4.78 is 16.1. The zero-order valence-electron chi connectivity index (χ0n) is 11.3. The van der Waals surface area contributed by atoms with Crippen LogP contribution in [-0.2, 0) is 6.61 Å². The third kappa shape index (κ3) is 3.61. The first-order valence-electron chi connectivity index (χ1n) is 5.99. The molecule has 0 amide bonds. The number of hydrogen-bond donors (Lipinski definition) is 0. The number of aryl methyl sites for hydroxylation is 1. The summed E-state index contributed by atoms with van der Waals surface area (Å²) in [6, 6.07) is 11.3. The number of hydrogen-bond acceptors (Lipinski definition) is 4. The van der Waals surface area contributed by atoms with Gasteiger partial charge in [0.1, 0.15) is 23.9 Å². The van der Waals surface area contributed by atoms with E-state index >= 15 is 0 Å². The van der Waals surface area contributed by atoms with Crippen LogP contribution in [0.4, 0.5) is 0 Å². The molecule has 0 bridgehead atoms. The molecule has 1 heterocycles. The van der Waals surface area contributed by atoms with Gasteiger partial charge >= 0.3 is 0 Å². The third-order valence-electron chi connectivity index (χ3n) is 2.66. The molecule has 0 fully saturated rings. The van der Waals surface area contributed by atoms with E-state index in [9.17, 15) is 0 Å². The Morgan fingerprint density at radius 1 is 0.947 bits per heavy atom. The van der Waals surface area contributed by atoms with Gasteiger partial charge in [0.25, 0.3) is 0 Å². The maximum Gasteiger partial charge on any atom is 0.130 e. The van der Waals surface area contributed by atoms with E-state index in [-0.39, 0.29) is 0 Å². The highest BCUT2D eigenvalue weighted by atomic mass is 16.5. The minimum atomic E-state index is 0.415. The minimum Gasteiger partial charge on any atom is -0.496 e. The summed E-state index contributed by atoms with van der Waals surface area (Å²) in [7, 11) is 3.22. The van der Waals surface area contributed by atoms with E-state index in [0.29, 0.717) is 23.9 Å². The molecule has 0 N–H and O–H groups in total. The largest absolute Gasteiger partial charge is 0.496 e. The summed E-state index contributed by atoms with van der Waals surface area (Å²) in [5.74, 6) is 2.10. The first-order valence-corrected chi connectivity index (χ1v) is 5.99. The fraction of sp³-hybridized carbons (Fsp3) is 0.267. The molecule has 0 aliphatic heterocycles. The van der Waals surface area contributed by atoms with Crippen molar-refractivity contribution in [3.63, 3.8) is 0 Å². The second-order valence-corrected chi connectivity index (χ2v) is 4.11. The van der Waals surface area contributed by atoms with E-state index in [1.165, 1.54) is 0 Å². The molecular formula is C15H17NO3. The van der Waals surface area contributed by atoms with Crippen LogP contribution in [0.1, 0.15) is 11.4 Å². The van der Waals surface area contributed by atoms with Crippen molar-refractivity contribution >= 4 is 0 Å². The fourth-order valence-corrected chi connectivity index (χ4v) is 1.70. The molecule has 0 unspecified atom stereocenters. The summed E-state index contributed by atoms with van der Waals surface area (Å²) in [6.45, 7) is 2.37. The lowest BCUT2D eigenvalue weighted by atomic mass is 10.3. The number of benzene rings is 1. The Morgan fingerprint density at radius 2 is 1.58 bits per heavy atom. The van der Waals surface area contributed by atoms with Crippen molar-refractivity contribution < 1.29 is 14.2 Å². The Bertz CT molecular complexity index is 533. The summed E-state index contributed by atoms with van der Waals surface area (Å²) >= 11 is 0. The second kappa shape index (κ2) is 6.09. The van der Waals surface area contributed by atoms with Crippen LogP contribution in [-0.4, -0.2) is 19.2 Å². The molecule has 0 saturated carbocycles. The molecule has 4 heteroatoms. The van der Waals surface area contributed by atoms with Gasteiger partial charge < -0.3 is 14.2 Å². The molecular weight excluding hydrogens is 242 g/mol. The normalized spacial score (nSPS) is 10.1. The smallest absolute Gasteiger partial charge is 0.130 e. The summed E-state index contributed by atoms with van der Waals surface area (Å²) in [6.07, 6.45) is 0. The van der Waals surface area contributed by atoms with Gasteiger partial charge in [0.05, 0.1) is 19.9 Å². The van der Waals surface area contributed by atoms with Crippen molar-refractivity contribution in [3.05, 3.63) is 47.8 Å². The molecule has 0 aliphatic rings. The predicted octanol–water partition coefficient (Wildman–Crippen LogP) is 2.99. The van der Waals surface area contributed by atoms with Crippen LogP contribution in [0.15, 0.2) is 36.4 Å². The van der Waals surface area contributed by atoms with E-state index < -0.39 is 0 Å². The van der Waals surface area contributed by atoms with Crippen molar-refractivity contribution in [1.29, 1.82) is 0 Å². The average molecular weight is 259 g/mol. The topological polar surface area (TPSA) is 40.6 Å². The number of rotatable bonds is 5. The van der Waals surface area contributed by atoms with Gasteiger partial charge in [-0.15, -0.1) is 0 Å². The quantitative estimate of drug-likeness (QED) is 0.827. The summed E-state index contributed by atoms with van der Waals surface area (Å²) in [5.41, 5.74) is 1.87. The molecule has 1 aromatic carbocycles. The van der Waals surface area contributed by atoms with Crippen molar-refractivity contribution in [1.82, 2.24) is 4.98 Å². The molecule has 1 aromatic heterocycles. The van der Waals surface area contributed by atoms with Crippen molar-refractivity contribution in [2.45, 2.75) is 13.5 Å². The first kappa shape index (κ1) is 13.2. The lowest BCUT2D eigenvalue weighted by Crippen LogP contribution is -1.99. The van der Waals surface area contributed by atoms with Crippen molar-refractivity contribution in [3.8, 4) is 17.2 Å². The average Bonchev–Trinajstić information content (AvgIpc) is 2.44. The van der Waals surface area contributed by atoms with Crippen LogP contribution in [0.5, 0.6) is 17.2 Å². The van der Waals surface area contributed by atoms with Crippen LogP contribution < -0.4 is 14.2 Å². The maximum atomic E-state index is 5.71. The van der Waals surface area contributed by atoms with Crippen LogP contribution in [0, 0.1) is 6.92 Å². The fourth-order valence-electron chi connectivity index (χ4n) is 1.70. The van der Waals surface area contributed by atoms with Gasteiger partial charge in [-0.2, -0.15) is 0 Å². The van der Waals surface area contributed by atoms with Gasteiger partial charge in [-0.25, -0.2) is 0 Å². The summed E-state index contributed by atoms with van der Waals surface area (Å²) in [5, 5.41) is 0. The van der Waals surface area contributed by atoms with Crippen molar-refractivity contribution in [2.75, 3.05) is 14.2 Å². The number of pyridine rings is 1. The van der Waals surface area contributed by atoms with Crippen LogP contribution in [0.25, 0.3) is 0 Å². The lowest BCUT2D eigenvalue weighted by Gasteiger charge is -2.10. The zero-order valence-corrected chi connectivity index (χ0v) is 11.3. The number of aromatic nitrogens is 1. The Hall–Kier alpha value is -2.23. The highest BCUT2D eigenvalue weighted by Gasteiger charge is 2.03. The second-order valence-electron chi connectivity index (χ2n) is 4.11. The van der Waals surface area contributed by atoms with E-state index in [1.807, 2.05) is 37.3 Å². The predicted molar refractivity (Wildman–Crippen MR) is 72.9 cm³/mol. The standard InChI is InChI=1S/C15H17NO3/c1-11-5-4-6-12(16-11)10-19-15-8-13(17-2)7-14(9-15)18-3/h4-9H,10H2,1-3H3. The Labute approximate surface area is 113 Å². The van der Waals surface area contributed by atoms with E-state index in [2.05, 4.69) is 4.98 Å². The van der Waals surface area contributed by atoms with Gasteiger partial charge in [-0.05, 0) is 19.1 Å². The van der Waals surface area contributed by atoms with Crippen LogP contribution in [0.3, 0.4) is 0 Å². The highest BCUT2D eigenvalue weighted by Crippen LogP contribution is 2.27. The number of methoxy groups -OCH3 is 2. The molecule has 0 radical (unpaired) electrons. The third-order valence-corrected chi connectivity index (χ3v) is 2.66. The molecule has 0 atom stereocenters. The Kier molecular flexibility index (Phi) is 4.23. The monoisotopic (exact) mass is 259 g/mol. The van der Waals surface area contributed by atoms with E-state index in [1.54, 1.807) is 20.3 Å². The zero-order chi connectivity index (χ0) is 13.7. The van der Waals surface area contributed by atoms with Gasteiger partial charge in [0.15, 0.2) is 0 Å². The Morgan fingerprint density at radius 3 is 2.16 bits per heavy atom. The van der Waals surface area contributed by atoms with E-state index in [4.69, 9.17) is 14.2 Å². The van der Waals surface area contributed by atoms with Gasteiger partial charge in [0.2, 0.25) is 0 Å². The molecule has 0 aliphatic carbocycles. The molecule has 0 saturated heterocycles. The molecule has 0 spiro atoms.